The van der Waals surface area contributed by atoms with Crippen LogP contribution in [0.1, 0.15) is 13.8 Å². The summed E-state index contributed by atoms with van der Waals surface area (Å²) in [6, 6.07) is 4.77. The van der Waals surface area contributed by atoms with Crippen molar-refractivity contribution < 1.29 is 17.9 Å². The first-order valence-electron chi connectivity index (χ1n) is 7.99. The number of hydrogen-bond donors (Lipinski definition) is 1. The van der Waals surface area contributed by atoms with E-state index in [0.717, 1.165) is 17.8 Å². The Morgan fingerprint density at radius 2 is 2.04 bits per heavy atom. The number of morpholine rings is 1. The van der Waals surface area contributed by atoms with Gasteiger partial charge in [-0.3, -0.25) is 9.69 Å². The number of ether oxygens (including phenoxy) is 1. The molecule has 0 bridgehead atoms. The third kappa shape index (κ3) is 4.55. The fraction of sp³-hybridized carbons (Fsp3) is 0.500. The average Bonchev–Trinajstić information content (AvgIpc) is 2.85. The average molecular weight is 383 g/mol. The second-order valence-electron chi connectivity index (χ2n) is 6.42. The Morgan fingerprint density at radius 3 is 2.68 bits per heavy atom. The lowest BCUT2D eigenvalue weighted by molar-refractivity contribution is -0.121. The fourth-order valence-corrected chi connectivity index (χ4v) is 4.61. The predicted molar refractivity (Wildman–Crippen MR) is 97.8 cm³/mol. The summed E-state index contributed by atoms with van der Waals surface area (Å²) in [5.74, 6) is -0.135. The van der Waals surface area contributed by atoms with E-state index in [1.165, 1.54) is 23.7 Å². The van der Waals surface area contributed by atoms with Crippen LogP contribution in [0.3, 0.4) is 0 Å². The van der Waals surface area contributed by atoms with E-state index in [0.29, 0.717) is 10.6 Å². The molecular weight excluding hydrogens is 362 g/mol. The highest BCUT2D eigenvalue weighted by Crippen LogP contribution is 2.28. The van der Waals surface area contributed by atoms with Crippen molar-refractivity contribution in [3.8, 4) is 0 Å². The van der Waals surface area contributed by atoms with Crippen molar-refractivity contribution in [2.75, 3.05) is 31.2 Å². The zero-order valence-corrected chi connectivity index (χ0v) is 16.0. The quantitative estimate of drug-likeness (QED) is 0.865. The number of fused-ring (bicyclic) bond motifs is 1. The van der Waals surface area contributed by atoms with Crippen LogP contribution in [-0.2, 0) is 19.4 Å². The number of rotatable bonds is 4. The molecule has 1 aromatic heterocycles. The van der Waals surface area contributed by atoms with E-state index in [4.69, 9.17) is 4.74 Å². The van der Waals surface area contributed by atoms with Crippen molar-refractivity contribution in [2.24, 2.45) is 0 Å². The van der Waals surface area contributed by atoms with Gasteiger partial charge in [-0.25, -0.2) is 13.4 Å². The highest BCUT2D eigenvalue weighted by molar-refractivity contribution is 7.90. The van der Waals surface area contributed by atoms with Crippen LogP contribution in [0.5, 0.6) is 0 Å². The minimum atomic E-state index is -3.26. The molecule has 2 heterocycles. The lowest BCUT2D eigenvalue weighted by atomic mass is 10.2. The van der Waals surface area contributed by atoms with Gasteiger partial charge in [0.1, 0.15) is 0 Å². The van der Waals surface area contributed by atoms with Crippen molar-refractivity contribution in [2.45, 2.75) is 31.0 Å². The van der Waals surface area contributed by atoms with Crippen LogP contribution < -0.4 is 5.32 Å². The molecule has 9 heteroatoms. The second-order valence-corrected chi connectivity index (χ2v) is 9.47. The molecule has 0 unspecified atom stereocenters. The van der Waals surface area contributed by atoms with Crippen molar-refractivity contribution in [1.29, 1.82) is 0 Å². The highest BCUT2D eigenvalue weighted by atomic mass is 32.2. The zero-order chi connectivity index (χ0) is 18.2. The fourth-order valence-electron chi connectivity index (χ4n) is 2.96. The maximum absolute atomic E-state index is 12.3. The molecule has 25 heavy (non-hydrogen) atoms. The molecule has 1 aliphatic heterocycles. The Hall–Kier alpha value is -1.55. The van der Waals surface area contributed by atoms with E-state index >= 15 is 0 Å². The van der Waals surface area contributed by atoms with Gasteiger partial charge in [0.2, 0.25) is 5.91 Å². The molecule has 1 aromatic carbocycles. The molecule has 7 nitrogen and oxygen atoms in total. The molecule has 2 aromatic rings. The van der Waals surface area contributed by atoms with Crippen molar-refractivity contribution in [3.05, 3.63) is 18.2 Å². The Labute approximate surface area is 150 Å². The normalized spacial score (nSPS) is 22.2. The monoisotopic (exact) mass is 383 g/mol. The smallest absolute Gasteiger partial charge is 0.240 e. The van der Waals surface area contributed by atoms with Crippen molar-refractivity contribution >= 4 is 42.4 Å². The maximum Gasteiger partial charge on any atom is 0.240 e. The molecule has 0 spiro atoms. The molecule has 0 saturated carbocycles. The Bertz CT molecular complexity index is 884. The van der Waals surface area contributed by atoms with Crippen LogP contribution in [0, 0.1) is 0 Å². The van der Waals surface area contributed by atoms with E-state index < -0.39 is 9.84 Å². The van der Waals surface area contributed by atoms with Crippen LogP contribution in [0.15, 0.2) is 23.1 Å². The number of carbonyl (C=O) groups is 1. The number of carbonyl (C=O) groups excluding carboxylic acids is 1. The van der Waals surface area contributed by atoms with Crippen LogP contribution in [-0.4, -0.2) is 62.3 Å². The first kappa shape index (κ1) is 18.2. The molecule has 0 radical (unpaired) electrons. The maximum atomic E-state index is 12.3. The number of nitrogens with zero attached hydrogens (tertiary/aromatic N) is 2. The van der Waals surface area contributed by atoms with Gasteiger partial charge in [0.05, 0.1) is 33.9 Å². The first-order chi connectivity index (χ1) is 11.7. The van der Waals surface area contributed by atoms with Gasteiger partial charge in [0, 0.05) is 19.3 Å². The van der Waals surface area contributed by atoms with Gasteiger partial charge in [0.25, 0.3) is 0 Å². The van der Waals surface area contributed by atoms with Gasteiger partial charge in [-0.15, -0.1) is 0 Å². The van der Waals surface area contributed by atoms with E-state index in [1.54, 1.807) is 12.1 Å². The summed E-state index contributed by atoms with van der Waals surface area (Å²) in [5.41, 5.74) is 0.668. The second kappa shape index (κ2) is 6.99. The number of sulfone groups is 1. The van der Waals surface area contributed by atoms with Gasteiger partial charge in [0.15, 0.2) is 15.0 Å². The summed E-state index contributed by atoms with van der Waals surface area (Å²) < 4.78 is 29.7. The van der Waals surface area contributed by atoms with E-state index in [2.05, 4.69) is 15.2 Å². The molecule has 2 atom stereocenters. The SMILES string of the molecule is C[C@H]1CN(CC(=O)Nc2nc3ccc(S(C)(=O)=O)cc3s2)C[C@H](C)O1. The predicted octanol–water partition coefficient (Wildman–Crippen LogP) is 1.75. The number of nitrogens with one attached hydrogen (secondary N) is 1. The molecule has 1 N–H and O–H groups in total. The van der Waals surface area contributed by atoms with Crippen LogP contribution in [0.4, 0.5) is 5.13 Å². The topological polar surface area (TPSA) is 88.6 Å². The van der Waals surface area contributed by atoms with Crippen LogP contribution in [0.2, 0.25) is 0 Å². The summed E-state index contributed by atoms with van der Waals surface area (Å²) >= 11 is 1.27. The number of amides is 1. The summed E-state index contributed by atoms with van der Waals surface area (Å²) in [6.45, 7) is 5.70. The van der Waals surface area contributed by atoms with E-state index in [-0.39, 0.29) is 29.6 Å². The standard InChI is InChI=1S/C16H21N3O4S2/c1-10-7-19(8-11(2)23-10)9-15(20)18-16-17-13-5-4-12(25(3,21)22)6-14(13)24-16/h4-6,10-11H,7-9H2,1-3H3,(H,17,18,20)/t10-,11-/m0/s1. The summed E-state index contributed by atoms with van der Waals surface area (Å²) in [5, 5.41) is 3.28. The lowest BCUT2D eigenvalue weighted by Crippen LogP contribution is -2.48. The number of aromatic nitrogens is 1. The Balaban J connectivity index is 1.69. The number of benzene rings is 1. The molecular formula is C16H21N3O4S2. The minimum Gasteiger partial charge on any atom is -0.373 e. The van der Waals surface area contributed by atoms with Crippen LogP contribution in [0.25, 0.3) is 10.2 Å². The van der Waals surface area contributed by atoms with Crippen molar-refractivity contribution in [1.82, 2.24) is 9.88 Å². The molecule has 1 fully saturated rings. The zero-order valence-electron chi connectivity index (χ0n) is 14.4. The number of hydrogen-bond acceptors (Lipinski definition) is 7. The number of thiazole rings is 1. The van der Waals surface area contributed by atoms with E-state index in [9.17, 15) is 13.2 Å². The minimum absolute atomic E-state index is 0.105. The Kier molecular flexibility index (Phi) is 5.10. The molecule has 0 aliphatic carbocycles. The Morgan fingerprint density at radius 1 is 1.36 bits per heavy atom. The summed E-state index contributed by atoms with van der Waals surface area (Å²) in [4.78, 5) is 18.9. The number of anilines is 1. The lowest BCUT2D eigenvalue weighted by Gasteiger charge is -2.34. The summed E-state index contributed by atoms with van der Waals surface area (Å²) in [7, 11) is -3.26. The van der Waals surface area contributed by atoms with Gasteiger partial charge < -0.3 is 10.1 Å². The molecule has 1 saturated heterocycles. The van der Waals surface area contributed by atoms with Gasteiger partial charge in [-0.1, -0.05) is 11.3 Å². The van der Waals surface area contributed by atoms with Gasteiger partial charge in [-0.2, -0.15) is 0 Å². The molecule has 136 valence electrons. The van der Waals surface area contributed by atoms with Gasteiger partial charge in [-0.05, 0) is 32.0 Å². The molecule has 1 amide bonds. The van der Waals surface area contributed by atoms with Gasteiger partial charge >= 0.3 is 0 Å². The molecule has 3 rings (SSSR count). The van der Waals surface area contributed by atoms with E-state index in [1.807, 2.05) is 13.8 Å². The molecule has 1 aliphatic rings. The first-order valence-corrected chi connectivity index (χ1v) is 10.7. The third-order valence-electron chi connectivity index (χ3n) is 3.90. The summed E-state index contributed by atoms with van der Waals surface area (Å²) in [6.07, 6.45) is 1.38. The van der Waals surface area contributed by atoms with Crippen molar-refractivity contribution in [3.63, 3.8) is 0 Å². The third-order valence-corrected chi connectivity index (χ3v) is 5.94. The van der Waals surface area contributed by atoms with Crippen LogP contribution >= 0.6 is 11.3 Å². The highest BCUT2D eigenvalue weighted by Gasteiger charge is 2.24. The largest absolute Gasteiger partial charge is 0.373 e.